The highest BCUT2D eigenvalue weighted by molar-refractivity contribution is 14.1. The average molecular weight is 612 g/mol. The van der Waals surface area contributed by atoms with Gasteiger partial charge in [-0.25, -0.2) is 5.43 Å². The lowest BCUT2D eigenvalue weighted by atomic mass is 10.2. The van der Waals surface area contributed by atoms with Crippen LogP contribution in [0.4, 0.5) is 0 Å². The SMILES string of the molecule is COc1ccccc1C(=O)N/N=C\c1cc(I)c(OCc2ccccc2)c(I)c1. The molecular weight excluding hydrogens is 594 g/mol. The quantitative estimate of drug-likeness (QED) is 0.226. The molecule has 0 spiro atoms. The molecule has 3 aromatic rings. The van der Waals surface area contributed by atoms with Crippen molar-refractivity contribution < 1.29 is 14.3 Å². The lowest BCUT2D eigenvalue weighted by Gasteiger charge is -2.11. The zero-order valence-electron chi connectivity index (χ0n) is 15.6. The van der Waals surface area contributed by atoms with Gasteiger partial charge in [0.15, 0.2) is 0 Å². The Morgan fingerprint density at radius 3 is 2.38 bits per heavy atom. The van der Waals surface area contributed by atoms with Gasteiger partial charge in [0, 0.05) is 0 Å². The van der Waals surface area contributed by atoms with Gasteiger partial charge in [0.1, 0.15) is 18.1 Å². The summed E-state index contributed by atoms with van der Waals surface area (Å²) in [6, 6.07) is 21.0. The van der Waals surface area contributed by atoms with Gasteiger partial charge >= 0.3 is 0 Å². The molecule has 148 valence electrons. The molecule has 5 nitrogen and oxygen atoms in total. The summed E-state index contributed by atoms with van der Waals surface area (Å²) in [6.45, 7) is 0.509. The van der Waals surface area contributed by atoms with E-state index in [1.807, 2.05) is 48.5 Å². The zero-order valence-corrected chi connectivity index (χ0v) is 19.9. The zero-order chi connectivity index (χ0) is 20.6. The number of methoxy groups -OCH3 is 1. The summed E-state index contributed by atoms with van der Waals surface area (Å²) < 4.78 is 13.1. The second kappa shape index (κ2) is 10.6. The summed E-state index contributed by atoms with van der Waals surface area (Å²) in [5.41, 5.74) is 4.95. The minimum Gasteiger partial charge on any atom is -0.496 e. The molecule has 0 unspecified atom stereocenters. The molecule has 0 aliphatic rings. The summed E-state index contributed by atoms with van der Waals surface area (Å²) >= 11 is 4.49. The summed E-state index contributed by atoms with van der Waals surface area (Å²) in [5, 5.41) is 4.07. The molecule has 29 heavy (non-hydrogen) atoms. The van der Waals surface area contributed by atoms with Crippen LogP contribution in [-0.2, 0) is 6.61 Å². The van der Waals surface area contributed by atoms with Crippen LogP contribution in [0.2, 0.25) is 0 Å². The van der Waals surface area contributed by atoms with Gasteiger partial charge < -0.3 is 9.47 Å². The number of ether oxygens (including phenoxy) is 2. The number of hydrogen-bond donors (Lipinski definition) is 1. The fourth-order valence-corrected chi connectivity index (χ4v) is 4.71. The molecule has 3 aromatic carbocycles. The van der Waals surface area contributed by atoms with E-state index in [0.29, 0.717) is 17.9 Å². The van der Waals surface area contributed by atoms with Crippen LogP contribution < -0.4 is 14.9 Å². The highest BCUT2D eigenvalue weighted by atomic mass is 127. The van der Waals surface area contributed by atoms with Crippen molar-refractivity contribution in [2.24, 2.45) is 5.10 Å². The Hall–Kier alpha value is -2.14. The summed E-state index contributed by atoms with van der Waals surface area (Å²) in [6.07, 6.45) is 1.61. The molecular formula is C22H18I2N2O3. The minimum atomic E-state index is -0.328. The second-order valence-corrected chi connectivity index (χ2v) is 8.31. The third-order valence-corrected chi connectivity index (χ3v) is 5.58. The van der Waals surface area contributed by atoms with Crippen LogP contribution in [0.3, 0.4) is 0 Å². The molecule has 0 radical (unpaired) electrons. The number of para-hydroxylation sites is 1. The number of carbonyl (C=O) groups is 1. The molecule has 1 amide bonds. The molecule has 0 aliphatic heterocycles. The van der Waals surface area contributed by atoms with Crippen molar-refractivity contribution in [1.29, 1.82) is 0 Å². The Bertz CT molecular complexity index is 1000. The first-order chi connectivity index (χ1) is 14.1. The largest absolute Gasteiger partial charge is 0.496 e. The van der Waals surface area contributed by atoms with Crippen LogP contribution in [0.1, 0.15) is 21.5 Å². The maximum Gasteiger partial charge on any atom is 0.275 e. The highest BCUT2D eigenvalue weighted by Crippen LogP contribution is 2.29. The Labute approximate surface area is 196 Å². The van der Waals surface area contributed by atoms with Gasteiger partial charge in [-0.15, -0.1) is 0 Å². The molecule has 0 heterocycles. The molecule has 7 heteroatoms. The van der Waals surface area contributed by atoms with Crippen LogP contribution in [0.25, 0.3) is 0 Å². The van der Waals surface area contributed by atoms with Gasteiger partial charge in [-0.1, -0.05) is 42.5 Å². The average Bonchev–Trinajstić information content (AvgIpc) is 2.73. The van der Waals surface area contributed by atoms with Crippen molar-refractivity contribution in [2.45, 2.75) is 6.61 Å². The lowest BCUT2D eigenvalue weighted by Crippen LogP contribution is -2.18. The van der Waals surface area contributed by atoms with Gasteiger partial charge in [-0.05, 0) is 80.6 Å². The van der Waals surface area contributed by atoms with E-state index in [4.69, 9.17) is 9.47 Å². The highest BCUT2D eigenvalue weighted by Gasteiger charge is 2.11. The van der Waals surface area contributed by atoms with Crippen molar-refractivity contribution >= 4 is 57.3 Å². The first kappa shape index (κ1) is 21.6. The summed E-state index contributed by atoms with van der Waals surface area (Å²) in [7, 11) is 1.53. The predicted octanol–water partition coefficient (Wildman–Crippen LogP) is 5.25. The van der Waals surface area contributed by atoms with E-state index in [1.54, 1.807) is 24.4 Å². The smallest absolute Gasteiger partial charge is 0.275 e. The van der Waals surface area contributed by atoms with E-state index < -0.39 is 0 Å². The maximum atomic E-state index is 12.3. The van der Waals surface area contributed by atoms with Gasteiger partial charge in [0.25, 0.3) is 5.91 Å². The third-order valence-electron chi connectivity index (χ3n) is 3.98. The number of hydrazone groups is 1. The molecule has 0 fully saturated rings. The van der Waals surface area contributed by atoms with E-state index in [2.05, 4.69) is 55.7 Å². The van der Waals surface area contributed by atoms with E-state index in [1.165, 1.54) is 7.11 Å². The lowest BCUT2D eigenvalue weighted by molar-refractivity contribution is 0.0952. The standard InChI is InChI=1S/C22H18I2N2O3/c1-28-20-10-6-5-9-17(20)22(27)26-25-13-16-11-18(23)21(19(24)12-16)29-14-15-7-3-2-4-8-15/h2-13H,14H2,1H3,(H,26,27)/b25-13-. The van der Waals surface area contributed by atoms with Crippen molar-refractivity contribution in [3.05, 3.63) is 90.6 Å². The Morgan fingerprint density at radius 2 is 1.69 bits per heavy atom. The summed E-state index contributed by atoms with van der Waals surface area (Å²) in [5.74, 6) is 1.01. The maximum absolute atomic E-state index is 12.3. The third kappa shape index (κ3) is 5.92. The molecule has 0 saturated carbocycles. The molecule has 0 atom stereocenters. The first-order valence-electron chi connectivity index (χ1n) is 8.70. The number of halogens is 2. The molecule has 1 N–H and O–H groups in total. The van der Waals surface area contributed by atoms with Gasteiger partial charge in [0.2, 0.25) is 0 Å². The van der Waals surface area contributed by atoms with Crippen LogP contribution >= 0.6 is 45.2 Å². The topological polar surface area (TPSA) is 59.9 Å². The number of amides is 1. The molecule has 0 bridgehead atoms. The number of benzene rings is 3. The van der Waals surface area contributed by atoms with Gasteiger partial charge in [-0.3, -0.25) is 4.79 Å². The van der Waals surface area contributed by atoms with Crippen molar-refractivity contribution in [2.75, 3.05) is 7.11 Å². The van der Waals surface area contributed by atoms with E-state index >= 15 is 0 Å². The van der Waals surface area contributed by atoms with Crippen molar-refractivity contribution in [3.8, 4) is 11.5 Å². The van der Waals surface area contributed by atoms with Crippen LogP contribution in [0.5, 0.6) is 11.5 Å². The van der Waals surface area contributed by atoms with Crippen molar-refractivity contribution in [3.63, 3.8) is 0 Å². The van der Waals surface area contributed by atoms with Gasteiger partial charge in [0.05, 0.1) is 26.0 Å². The number of nitrogens with zero attached hydrogens (tertiary/aromatic N) is 1. The Morgan fingerprint density at radius 1 is 1.03 bits per heavy atom. The molecule has 0 aliphatic carbocycles. The normalized spacial score (nSPS) is 10.7. The van der Waals surface area contributed by atoms with E-state index in [-0.39, 0.29) is 5.91 Å². The predicted molar refractivity (Wildman–Crippen MR) is 131 cm³/mol. The number of carbonyl (C=O) groups excluding carboxylic acids is 1. The Kier molecular flexibility index (Phi) is 7.87. The fourth-order valence-electron chi connectivity index (χ4n) is 2.58. The van der Waals surface area contributed by atoms with E-state index in [9.17, 15) is 4.79 Å². The minimum absolute atomic E-state index is 0.328. The van der Waals surface area contributed by atoms with Crippen molar-refractivity contribution in [1.82, 2.24) is 5.43 Å². The first-order valence-corrected chi connectivity index (χ1v) is 10.9. The Balaban J connectivity index is 1.66. The number of hydrogen-bond acceptors (Lipinski definition) is 4. The number of nitrogens with one attached hydrogen (secondary N) is 1. The molecule has 0 saturated heterocycles. The fraction of sp³-hybridized carbons (Fsp3) is 0.0909. The molecule has 3 rings (SSSR count). The van der Waals surface area contributed by atoms with Crippen LogP contribution in [-0.4, -0.2) is 19.2 Å². The summed E-state index contributed by atoms with van der Waals surface area (Å²) in [4.78, 5) is 12.3. The van der Waals surface area contributed by atoms with E-state index in [0.717, 1.165) is 24.0 Å². The van der Waals surface area contributed by atoms with Gasteiger partial charge in [-0.2, -0.15) is 5.10 Å². The monoisotopic (exact) mass is 612 g/mol. The second-order valence-electron chi connectivity index (χ2n) is 5.99. The van der Waals surface area contributed by atoms with Crippen LogP contribution in [0.15, 0.2) is 71.8 Å². The van der Waals surface area contributed by atoms with Crippen LogP contribution in [0, 0.1) is 7.14 Å². The number of rotatable bonds is 7. The molecule has 0 aromatic heterocycles.